The molecule has 0 aromatic rings. The molecule has 1 heterocycles. The van der Waals surface area contributed by atoms with E-state index >= 15 is 0 Å². The van der Waals surface area contributed by atoms with Gasteiger partial charge in [-0.3, -0.25) is 4.90 Å². The van der Waals surface area contributed by atoms with E-state index in [4.69, 9.17) is 10.5 Å². The second kappa shape index (κ2) is 6.20. The summed E-state index contributed by atoms with van der Waals surface area (Å²) >= 11 is 0. The van der Waals surface area contributed by atoms with Crippen molar-refractivity contribution in [2.45, 2.75) is 70.4 Å². The van der Waals surface area contributed by atoms with Crippen LogP contribution in [-0.2, 0) is 4.74 Å². The van der Waals surface area contributed by atoms with Gasteiger partial charge in [-0.1, -0.05) is 0 Å². The summed E-state index contributed by atoms with van der Waals surface area (Å²) in [6.07, 6.45) is -4.21. The monoisotopic (exact) mass is 296 g/mol. The first-order valence-corrected chi connectivity index (χ1v) is 7.17. The van der Waals surface area contributed by atoms with Gasteiger partial charge in [-0.05, 0) is 40.5 Å². The van der Waals surface area contributed by atoms with Crippen LogP contribution in [0.2, 0.25) is 0 Å². The Kier molecular flexibility index (Phi) is 5.49. The molecule has 3 nitrogen and oxygen atoms in total. The van der Waals surface area contributed by atoms with Crippen LogP contribution in [0.15, 0.2) is 0 Å². The maximum atomic E-state index is 12.3. The van der Waals surface area contributed by atoms with E-state index in [1.165, 1.54) is 0 Å². The van der Waals surface area contributed by atoms with Crippen molar-refractivity contribution in [3.63, 3.8) is 0 Å². The second-order valence-electron chi connectivity index (χ2n) is 6.74. The minimum atomic E-state index is -4.09. The third-order valence-electron chi connectivity index (χ3n) is 3.95. The molecule has 2 N–H and O–H groups in total. The Balaban J connectivity index is 2.67. The van der Waals surface area contributed by atoms with Crippen LogP contribution in [0.3, 0.4) is 0 Å². The Hall–Kier alpha value is -0.330. The zero-order chi connectivity index (χ0) is 15.6. The summed E-state index contributed by atoms with van der Waals surface area (Å²) in [6.45, 7) is 9.70. The van der Waals surface area contributed by atoms with Crippen LogP contribution in [0.4, 0.5) is 13.2 Å². The number of hydrogen-bond donors (Lipinski definition) is 1. The molecule has 0 amide bonds. The average molecular weight is 296 g/mol. The Labute approximate surface area is 119 Å². The number of rotatable bonds is 5. The van der Waals surface area contributed by atoms with Crippen LogP contribution in [0.25, 0.3) is 0 Å². The molecule has 1 fully saturated rings. The third kappa shape index (κ3) is 5.22. The topological polar surface area (TPSA) is 38.5 Å². The van der Waals surface area contributed by atoms with Crippen LogP contribution >= 0.6 is 0 Å². The SMILES string of the molecule is CC1CN(C(C)(CN)CCCC(F)(F)F)CC(C)(C)O1. The number of nitrogens with zero attached hydrogens (tertiary/aromatic N) is 1. The zero-order valence-corrected chi connectivity index (χ0v) is 12.9. The van der Waals surface area contributed by atoms with Gasteiger partial charge in [0.1, 0.15) is 0 Å². The van der Waals surface area contributed by atoms with E-state index in [1.807, 2.05) is 27.7 Å². The van der Waals surface area contributed by atoms with Gasteiger partial charge < -0.3 is 10.5 Å². The smallest absolute Gasteiger partial charge is 0.370 e. The molecule has 2 atom stereocenters. The highest BCUT2D eigenvalue weighted by Crippen LogP contribution is 2.31. The number of alkyl halides is 3. The van der Waals surface area contributed by atoms with Crippen molar-refractivity contribution in [3.8, 4) is 0 Å². The normalized spacial score (nSPS) is 27.3. The van der Waals surface area contributed by atoms with Gasteiger partial charge in [0.05, 0.1) is 11.7 Å². The molecule has 0 aromatic heterocycles. The van der Waals surface area contributed by atoms with Crippen molar-refractivity contribution in [2.24, 2.45) is 5.73 Å². The van der Waals surface area contributed by atoms with E-state index in [0.29, 0.717) is 26.1 Å². The highest BCUT2D eigenvalue weighted by molar-refractivity contribution is 4.94. The maximum Gasteiger partial charge on any atom is 0.389 e. The van der Waals surface area contributed by atoms with Gasteiger partial charge >= 0.3 is 6.18 Å². The van der Waals surface area contributed by atoms with E-state index in [0.717, 1.165) is 0 Å². The van der Waals surface area contributed by atoms with E-state index in [-0.39, 0.29) is 18.1 Å². The molecule has 0 spiro atoms. The summed E-state index contributed by atoms with van der Waals surface area (Å²) < 4.78 is 42.7. The molecule has 1 aliphatic heterocycles. The second-order valence-corrected chi connectivity index (χ2v) is 6.74. The van der Waals surface area contributed by atoms with Crippen molar-refractivity contribution in [1.82, 2.24) is 4.90 Å². The van der Waals surface area contributed by atoms with Crippen LogP contribution < -0.4 is 5.73 Å². The lowest BCUT2D eigenvalue weighted by atomic mass is 9.89. The predicted octanol–water partition coefficient (Wildman–Crippen LogP) is 2.94. The Morgan fingerprint density at radius 3 is 2.35 bits per heavy atom. The minimum Gasteiger partial charge on any atom is -0.370 e. The maximum absolute atomic E-state index is 12.3. The van der Waals surface area contributed by atoms with Crippen LogP contribution in [0.1, 0.15) is 47.0 Å². The van der Waals surface area contributed by atoms with E-state index < -0.39 is 18.1 Å². The largest absolute Gasteiger partial charge is 0.389 e. The van der Waals surface area contributed by atoms with Crippen molar-refractivity contribution < 1.29 is 17.9 Å². The fourth-order valence-corrected chi connectivity index (χ4v) is 2.92. The van der Waals surface area contributed by atoms with Crippen LogP contribution in [0.5, 0.6) is 0 Å². The molecule has 120 valence electrons. The average Bonchev–Trinajstić information content (AvgIpc) is 2.24. The predicted molar refractivity (Wildman–Crippen MR) is 73.6 cm³/mol. The van der Waals surface area contributed by atoms with Gasteiger partial charge in [0.25, 0.3) is 0 Å². The molecule has 0 bridgehead atoms. The molecule has 1 rings (SSSR count). The van der Waals surface area contributed by atoms with E-state index in [2.05, 4.69) is 4.90 Å². The fourth-order valence-electron chi connectivity index (χ4n) is 2.92. The number of morpholine rings is 1. The Bertz CT molecular complexity index is 320. The van der Waals surface area contributed by atoms with Gasteiger partial charge in [-0.25, -0.2) is 0 Å². The van der Waals surface area contributed by atoms with Crippen molar-refractivity contribution in [1.29, 1.82) is 0 Å². The summed E-state index contributed by atoms with van der Waals surface area (Å²) in [4.78, 5) is 2.19. The molecule has 2 unspecified atom stereocenters. The summed E-state index contributed by atoms with van der Waals surface area (Å²) in [5.74, 6) is 0. The van der Waals surface area contributed by atoms with E-state index in [1.54, 1.807) is 0 Å². The first-order valence-electron chi connectivity index (χ1n) is 7.17. The van der Waals surface area contributed by atoms with Crippen LogP contribution in [0, 0.1) is 0 Å². The molecule has 20 heavy (non-hydrogen) atoms. The van der Waals surface area contributed by atoms with Gasteiger partial charge in [0, 0.05) is 31.6 Å². The number of ether oxygens (including phenoxy) is 1. The molecule has 6 heteroatoms. The summed E-state index contributed by atoms with van der Waals surface area (Å²) in [5.41, 5.74) is 5.16. The van der Waals surface area contributed by atoms with Gasteiger partial charge in [0.15, 0.2) is 0 Å². The fraction of sp³-hybridized carbons (Fsp3) is 1.00. The summed E-state index contributed by atoms with van der Waals surface area (Å²) in [7, 11) is 0. The minimum absolute atomic E-state index is 0.0623. The first kappa shape index (κ1) is 17.7. The zero-order valence-electron chi connectivity index (χ0n) is 12.9. The van der Waals surface area contributed by atoms with E-state index in [9.17, 15) is 13.2 Å². The standard InChI is InChI=1S/C14H27F3N2O/c1-11-8-19(10-12(2,3)20-11)13(4,9-18)6-5-7-14(15,16)17/h11H,5-10,18H2,1-4H3. The Morgan fingerprint density at radius 2 is 1.90 bits per heavy atom. The van der Waals surface area contributed by atoms with Gasteiger partial charge in [-0.15, -0.1) is 0 Å². The summed E-state index contributed by atoms with van der Waals surface area (Å²) in [5, 5.41) is 0. The quantitative estimate of drug-likeness (QED) is 0.848. The lowest BCUT2D eigenvalue weighted by molar-refractivity contribution is -0.155. The van der Waals surface area contributed by atoms with Gasteiger partial charge in [-0.2, -0.15) is 13.2 Å². The molecule has 0 aromatic carbocycles. The highest BCUT2D eigenvalue weighted by Gasteiger charge is 2.40. The number of halogens is 3. The molecule has 1 aliphatic rings. The molecule has 0 saturated carbocycles. The summed E-state index contributed by atoms with van der Waals surface area (Å²) in [6, 6.07) is 0. The molecular weight excluding hydrogens is 269 g/mol. The lowest BCUT2D eigenvalue weighted by Crippen LogP contribution is -2.62. The van der Waals surface area contributed by atoms with Crippen molar-refractivity contribution in [2.75, 3.05) is 19.6 Å². The van der Waals surface area contributed by atoms with Crippen molar-refractivity contribution in [3.05, 3.63) is 0 Å². The Morgan fingerprint density at radius 1 is 1.30 bits per heavy atom. The lowest BCUT2D eigenvalue weighted by Gasteiger charge is -2.50. The third-order valence-corrected chi connectivity index (χ3v) is 3.95. The number of nitrogens with two attached hydrogens (primary N) is 1. The van der Waals surface area contributed by atoms with Crippen LogP contribution in [-0.4, -0.2) is 48.0 Å². The number of hydrogen-bond acceptors (Lipinski definition) is 3. The molecule has 0 radical (unpaired) electrons. The molecular formula is C14H27F3N2O. The molecule has 1 saturated heterocycles. The van der Waals surface area contributed by atoms with Crippen molar-refractivity contribution >= 4 is 0 Å². The first-order chi connectivity index (χ1) is 8.97. The molecule has 0 aliphatic carbocycles. The van der Waals surface area contributed by atoms with Gasteiger partial charge in [0.2, 0.25) is 0 Å². The highest BCUT2D eigenvalue weighted by atomic mass is 19.4.